The second kappa shape index (κ2) is 5.17. The van der Waals surface area contributed by atoms with Gasteiger partial charge in [0.1, 0.15) is 6.07 Å². The molecular formula is C12H14N2O2. The van der Waals surface area contributed by atoms with E-state index in [1.807, 2.05) is 19.1 Å². The van der Waals surface area contributed by atoms with E-state index in [9.17, 15) is 4.79 Å². The normalized spacial score (nSPS) is 11.6. The van der Waals surface area contributed by atoms with Gasteiger partial charge in [0.25, 0.3) is 0 Å². The number of nitrogens with one attached hydrogen (secondary N) is 1. The number of hydrogen-bond acceptors (Lipinski definition) is 3. The first-order chi connectivity index (χ1) is 7.54. The molecule has 0 saturated carbocycles. The van der Waals surface area contributed by atoms with Gasteiger partial charge in [0.05, 0.1) is 17.2 Å². The average molecular weight is 218 g/mol. The molecular weight excluding hydrogens is 204 g/mol. The molecule has 0 spiro atoms. The van der Waals surface area contributed by atoms with E-state index in [4.69, 9.17) is 10.4 Å². The maximum absolute atomic E-state index is 10.6. The summed E-state index contributed by atoms with van der Waals surface area (Å²) in [6.45, 7) is 3.86. The van der Waals surface area contributed by atoms with Crippen LogP contribution in [-0.2, 0) is 4.79 Å². The zero-order valence-corrected chi connectivity index (χ0v) is 9.32. The molecule has 0 fully saturated rings. The molecule has 0 aliphatic carbocycles. The van der Waals surface area contributed by atoms with Gasteiger partial charge in [0.15, 0.2) is 0 Å². The highest BCUT2D eigenvalue weighted by Crippen LogP contribution is 2.16. The summed E-state index contributed by atoms with van der Waals surface area (Å²) >= 11 is 0. The lowest BCUT2D eigenvalue weighted by atomic mass is 10.1. The predicted molar refractivity (Wildman–Crippen MR) is 61.2 cm³/mol. The highest BCUT2D eigenvalue weighted by Gasteiger charge is 2.11. The van der Waals surface area contributed by atoms with Crippen LogP contribution in [-0.4, -0.2) is 17.6 Å². The van der Waals surface area contributed by atoms with Crippen LogP contribution in [0.5, 0.6) is 0 Å². The van der Waals surface area contributed by atoms with E-state index >= 15 is 0 Å². The molecule has 1 atom stereocenters. The Morgan fingerprint density at radius 2 is 2.31 bits per heavy atom. The second-order valence-electron chi connectivity index (χ2n) is 3.78. The third-order valence-corrected chi connectivity index (χ3v) is 2.32. The second-order valence-corrected chi connectivity index (χ2v) is 3.78. The maximum Gasteiger partial charge on any atom is 0.308 e. The van der Waals surface area contributed by atoms with Crippen LogP contribution < -0.4 is 5.32 Å². The summed E-state index contributed by atoms with van der Waals surface area (Å²) in [6, 6.07) is 7.48. The number of carbonyl (C=O) groups is 1. The van der Waals surface area contributed by atoms with Gasteiger partial charge in [-0.05, 0) is 24.6 Å². The Hall–Kier alpha value is -2.02. The number of aryl methyl sites for hydroxylation is 1. The van der Waals surface area contributed by atoms with Gasteiger partial charge < -0.3 is 10.4 Å². The highest BCUT2D eigenvalue weighted by atomic mass is 16.4. The average Bonchev–Trinajstić information content (AvgIpc) is 2.25. The van der Waals surface area contributed by atoms with Crippen molar-refractivity contribution in [2.75, 3.05) is 11.9 Å². The van der Waals surface area contributed by atoms with Gasteiger partial charge >= 0.3 is 5.97 Å². The SMILES string of the molecule is Cc1ccc(C#N)c(NCC(C)C(=O)O)c1. The predicted octanol–water partition coefficient (Wildman–Crippen LogP) is 2.00. The standard InChI is InChI=1S/C12H14N2O2/c1-8-3-4-10(6-13)11(5-8)14-7-9(2)12(15)16/h3-5,9,14H,7H2,1-2H3,(H,15,16). The maximum atomic E-state index is 10.6. The summed E-state index contributed by atoms with van der Waals surface area (Å²) in [4.78, 5) is 10.6. The lowest BCUT2D eigenvalue weighted by molar-refractivity contribution is -0.140. The number of carboxylic acids is 1. The molecule has 0 heterocycles. The van der Waals surface area contributed by atoms with Crippen molar-refractivity contribution < 1.29 is 9.90 Å². The molecule has 0 saturated heterocycles. The van der Waals surface area contributed by atoms with Crippen molar-refractivity contribution >= 4 is 11.7 Å². The van der Waals surface area contributed by atoms with Crippen LogP contribution in [0.15, 0.2) is 18.2 Å². The number of benzene rings is 1. The zero-order valence-electron chi connectivity index (χ0n) is 9.32. The molecule has 0 aliphatic heterocycles. The summed E-state index contributed by atoms with van der Waals surface area (Å²) in [5, 5.41) is 20.6. The third-order valence-electron chi connectivity index (χ3n) is 2.32. The Labute approximate surface area is 94.5 Å². The first kappa shape index (κ1) is 12.1. The van der Waals surface area contributed by atoms with Gasteiger partial charge in [-0.2, -0.15) is 5.26 Å². The molecule has 2 N–H and O–H groups in total. The Morgan fingerprint density at radius 1 is 1.62 bits per heavy atom. The van der Waals surface area contributed by atoms with E-state index in [0.29, 0.717) is 17.8 Å². The number of nitrogens with zero attached hydrogens (tertiary/aromatic N) is 1. The summed E-state index contributed by atoms with van der Waals surface area (Å²) in [6.07, 6.45) is 0. The van der Waals surface area contributed by atoms with Crippen LogP contribution >= 0.6 is 0 Å². The van der Waals surface area contributed by atoms with Crippen molar-refractivity contribution in [2.45, 2.75) is 13.8 Å². The molecule has 4 nitrogen and oxygen atoms in total. The molecule has 16 heavy (non-hydrogen) atoms. The minimum atomic E-state index is -0.848. The van der Waals surface area contributed by atoms with Crippen molar-refractivity contribution in [3.63, 3.8) is 0 Å². The lowest BCUT2D eigenvalue weighted by Gasteiger charge is -2.11. The first-order valence-electron chi connectivity index (χ1n) is 5.02. The first-order valence-corrected chi connectivity index (χ1v) is 5.02. The van der Waals surface area contributed by atoms with E-state index in [-0.39, 0.29) is 0 Å². The number of rotatable bonds is 4. The molecule has 1 rings (SSSR count). The summed E-state index contributed by atoms with van der Waals surface area (Å²) in [7, 11) is 0. The Balaban J connectivity index is 2.77. The fourth-order valence-corrected chi connectivity index (χ4v) is 1.25. The molecule has 4 heteroatoms. The minimum absolute atomic E-state index is 0.313. The van der Waals surface area contributed by atoms with Crippen molar-refractivity contribution in [3.05, 3.63) is 29.3 Å². The molecule has 0 amide bonds. The van der Waals surface area contributed by atoms with Crippen LogP contribution in [0.4, 0.5) is 5.69 Å². The Kier molecular flexibility index (Phi) is 3.90. The van der Waals surface area contributed by atoms with Gasteiger partial charge in [-0.25, -0.2) is 0 Å². The summed E-state index contributed by atoms with van der Waals surface area (Å²) in [5.41, 5.74) is 2.25. The fourth-order valence-electron chi connectivity index (χ4n) is 1.25. The third kappa shape index (κ3) is 2.99. The number of hydrogen-bond donors (Lipinski definition) is 2. The van der Waals surface area contributed by atoms with Crippen LogP contribution in [0.25, 0.3) is 0 Å². The molecule has 1 aromatic rings. The van der Waals surface area contributed by atoms with Crippen LogP contribution in [0.3, 0.4) is 0 Å². The van der Waals surface area contributed by atoms with Gasteiger partial charge in [-0.3, -0.25) is 4.79 Å². The fraction of sp³-hybridized carbons (Fsp3) is 0.333. The molecule has 0 bridgehead atoms. The molecule has 0 radical (unpaired) electrons. The van der Waals surface area contributed by atoms with E-state index in [0.717, 1.165) is 5.56 Å². The molecule has 84 valence electrons. The van der Waals surface area contributed by atoms with Crippen LogP contribution in [0.2, 0.25) is 0 Å². The van der Waals surface area contributed by atoms with Crippen molar-refractivity contribution in [1.82, 2.24) is 0 Å². The van der Waals surface area contributed by atoms with Crippen molar-refractivity contribution in [1.29, 1.82) is 5.26 Å². The molecule has 0 aromatic heterocycles. The van der Waals surface area contributed by atoms with Crippen LogP contribution in [0, 0.1) is 24.2 Å². The molecule has 0 aliphatic rings. The number of nitriles is 1. The Morgan fingerprint density at radius 3 is 2.88 bits per heavy atom. The van der Waals surface area contributed by atoms with E-state index in [1.54, 1.807) is 13.0 Å². The molecule has 1 aromatic carbocycles. The monoisotopic (exact) mass is 218 g/mol. The smallest absolute Gasteiger partial charge is 0.308 e. The Bertz CT molecular complexity index is 435. The van der Waals surface area contributed by atoms with Gasteiger partial charge in [-0.1, -0.05) is 13.0 Å². The van der Waals surface area contributed by atoms with E-state index in [1.165, 1.54) is 0 Å². The van der Waals surface area contributed by atoms with Crippen molar-refractivity contribution in [3.8, 4) is 6.07 Å². The van der Waals surface area contributed by atoms with Crippen LogP contribution in [0.1, 0.15) is 18.1 Å². The lowest BCUT2D eigenvalue weighted by Crippen LogP contribution is -2.20. The minimum Gasteiger partial charge on any atom is -0.481 e. The topological polar surface area (TPSA) is 73.1 Å². The summed E-state index contributed by atoms with van der Waals surface area (Å²) in [5.74, 6) is -1.33. The summed E-state index contributed by atoms with van der Waals surface area (Å²) < 4.78 is 0. The van der Waals surface area contributed by atoms with Gasteiger partial charge in [0.2, 0.25) is 0 Å². The number of carboxylic acid groups (broad SMARTS) is 1. The largest absolute Gasteiger partial charge is 0.481 e. The van der Waals surface area contributed by atoms with Gasteiger partial charge in [0, 0.05) is 6.54 Å². The van der Waals surface area contributed by atoms with E-state index in [2.05, 4.69) is 11.4 Å². The van der Waals surface area contributed by atoms with Gasteiger partial charge in [-0.15, -0.1) is 0 Å². The quantitative estimate of drug-likeness (QED) is 0.810. The molecule has 1 unspecified atom stereocenters. The highest BCUT2D eigenvalue weighted by molar-refractivity contribution is 5.70. The van der Waals surface area contributed by atoms with Crippen molar-refractivity contribution in [2.24, 2.45) is 5.92 Å². The zero-order chi connectivity index (χ0) is 12.1. The van der Waals surface area contributed by atoms with E-state index < -0.39 is 11.9 Å². The number of aliphatic carboxylic acids is 1. The number of anilines is 1.